The normalized spacial score (nSPS) is 33.2. The number of aryl methyl sites for hydroxylation is 1. The lowest BCUT2D eigenvalue weighted by atomic mass is 9.79. The second kappa shape index (κ2) is 4.56. The largest absolute Gasteiger partial charge is 0.344 e. The van der Waals surface area contributed by atoms with Gasteiger partial charge in [-0.15, -0.1) is 0 Å². The minimum absolute atomic E-state index is 0.0629. The molecule has 2 fully saturated rings. The Morgan fingerprint density at radius 3 is 3.05 bits per heavy atom. The summed E-state index contributed by atoms with van der Waals surface area (Å²) in [6, 6.07) is 0.0629. The van der Waals surface area contributed by atoms with Gasteiger partial charge in [0, 0.05) is 12.2 Å². The van der Waals surface area contributed by atoms with Crippen molar-refractivity contribution in [1.29, 1.82) is 0 Å². The Bertz CT molecular complexity index is 504. The molecule has 5 heteroatoms. The van der Waals surface area contributed by atoms with Gasteiger partial charge in [-0.1, -0.05) is 0 Å². The van der Waals surface area contributed by atoms with Gasteiger partial charge < -0.3 is 11.1 Å². The number of nitrogens with zero attached hydrogens (tertiary/aromatic N) is 2. The first kappa shape index (κ1) is 12.5. The molecule has 0 saturated heterocycles. The number of fused-ring (bicyclic) bond motifs is 2. The first-order valence-electron chi connectivity index (χ1n) is 6.96. The topological polar surface area (TPSA) is 80.9 Å². The summed E-state index contributed by atoms with van der Waals surface area (Å²) in [5.74, 6) is 0.581. The molecule has 3 atom stereocenters. The molecule has 2 aliphatic carbocycles. The molecule has 1 aromatic rings. The summed E-state index contributed by atoms with van der Waals surface area (Å²) < 4.78 is 0. The third kappa shape index (κ3) is 2.23. The maximum absolute atomic E-state index is 12.3. The van der Waals surface area contributed by atoms with Crippen LogP contribution in [-0.4, -0.2) is 27.5 Å². The van der Waals surface area contributed by atoms with Crippen molar-refractivity contribution in [3.63, 3.8) is 0 Å². The molecule has 3 rings (SSSR count). The monoisotopic (exact) mass is 260 g/mol. The maximum Gasteiger partial charge on any atom is 0.271 e. The van der Waals surface area contributed by atoms with Gasteiger partial charge in [0.25, 0.3) is 5.91 Å². The van der Waals surface area contributed by atoms with E-state index in [1.54, 1.807) is 6.20 Å². The first-order valence-corrected chi connectivity index (χ1v) is 6.96. The van der Waals surface area contributed by atoms with E-state index in [9.17, 15) is 4.79 Å². The SMILES string of the molecule is Cc1cncc(C(=O)NC23CCC(CC[C@@H]2N)C3)n1. The van der Waals surface area contributed by atoms with Crippen LogP contribution in [0.4, 0.5) is 0 Å². The molecule has 2 bridgehead atoms. The number of nitrogens with two attached hydrogens (primary N) is 1. The number of hydrogen-bond donors (Lipinski definition) is 2. The van der Waals surface area contributed by atoms with Gasteiger partial charge in [-0.2, -0.15) is 0 Å². The smallest absolute Gasteiger partial charge is 0.271 e. The van der Waals surface area contributed by atoms with Crippen LogP contribution in [0.2, 0.25) is 0 Å². The molecule has 0 spiro atoms. The molecule has 1 amide bonds. The lowest BCUT2D eigenvalue weighted by Crippen LogP contribution is -2.59. The van der Waals surface area contributed by atoms with Gasteiger partial charge >= 0.3 is 0 Å². The molecule has 3 N–H and O–H groups in total. The summed E-state index contributed by atoms with van der Waals surface area (Å²) in [4.78, 5) is 20.6. The zero-order valence-corrected chi connectivity index (χ0v) is 11.2. The first-order chi connectivity index (χ1) is 9.09. The van der Waals surface area contributed by atoms with Gasteiger partial charge in [0.1, 0.15) is 5.69 Å². The summed E-state index contributed by atoms with van der Waals surface area (Å²) >= 11 is 0. The Hall–Kier alpha value is -1.49. The number of hydrogen-bond acceptors (Lipinski definition) is 4. The van der Waals surface area contributed by atoms with Crippen molar-refractivity contribution in [3.8, 4) is 0 Å². The van der Waals surface area contributed by atoms with Gasteiger partial charge in [-0.3, -0.25) is 9.78 Å². The maximum atomic E-state index is 12.3. The van der Waals surface area contributed by atoms with E-state index < -0.39 is 0 Å². The van der Waals surface area contributed by atoms with Crippen molar-refractivity contribution < 1.29 is 4.79 Å². The number of carbonyl (C=O) groups excluding carboxylic acids is 1. The molecular formula is C14H20N4O. The van der Waals surface area contributed by atoms with Gasteiger partial charge in [-0.25, -0.2) is 4.98 Å². The zero-order valence-electron chi connectivity index (χ0n) is 11.2. The predicted molar refractivity (Wildman–Crippen MR) is 71.5 cm³/mol. The van der Waals surface area contributed by atoms with E-state index in [0.29, 0.717) is 5.69 Å². The van der Waals surface area contributed by atoms with E-state index in [4.69, 9.17) is 5.73 Å². The van der Waals surface area contributed by atoms with E-state index in [2.05, 4.69) is 15.3 Å². The van der Waals surface area contributed by atoms with Gasteiger partial charge in [0.15, 0.2) is 0 Å². The van der Waals surface area contributed by atoms with Crippen LogP contribution in [0.15, 0.2) is 12.4 Å². The van der Waals surface area contributed by atoms with Gasteiger partial charge in [0.2, 0.25) is 0 Å². The lowest BCUT2D eigenvalue weighted by molar-refractivity contribution is 0.0856. The highest BCUT2D eigenvalue weighted by Gasteiger charge is 2.48. The van der Waals surface area contributed by atoms with Gasteiger partial charge in [0.05, 0.1) is 17.4 Å². The Kier molecular flexibility index (Phi) is 3.01. The molecule has 102 valence electrons. The van der Waals surface area contributed by atoms with Crippen molar-refractivity contribution in [2.75, 3.05) is 0 Å². The van der Waals surface area contributed by atoms with Crippen molar-refractivity contribution in [1.82, 2.24) is 15.3 Å². The molecular weight excluding hydrogens is 240 g/mol. The fraction of sp³-hybridized carbons (Fsp3) is 0.643. The van der Waals surface area contributed by atoms with E-state index in [1.807, 2.05) is 6.92 Å². The van der Waals surface area contributed by atoms with Crippen molar-refractivity contribution in [2.24, 2.45) is 11.7 Å². The fourth-order valence-electron chi connectivity index (χ4n) is 3.52. The van der Waals surface area contributed by atoms with Crippen molar-refractivity contribution in [2.45, 2.75) is 50.6 Å². The number of rotatable bonds is 2. The second-order valence-electron chi connectivity index (χ2n) is 5.95. The molecule has 2 aliphatic rings. The minimum atomic E-state index is -0.217. The number of carbonyl (C=O) groups is 1. The van der Waals surface area contributed by atoms with Crippen LogP contribution in [0.3, 0.4) is 0 Å². The average Bonchev–Trinajstić information content (AvgIpc) is 2.74. The van der Waals surface area contributed by atoms with Crippen LogP contribution in [0.1, 0.15) is 48.3 Å². The van der Waals surface area contributed by atoms with E-state index >= 15 is 0 Å². The van der Waals surface area contributed by atoms with Crippen molar-refractivity contribution >= 4 is 5.91 Å². The van der Waals surface area contributed by atoms with Gasteiger partial charge in [-0.05, 0) is 44.9 Å². The molecule has 2 saturated carbocycles. The van der Waals surface area contributed by atoms with Crippen LogP contribution in [0, 0.1) is 12.8 Å². The molecule has 5 nitrogen and oxygen atoms in total. The fourth-order valence-corrected chi connectivity index (χ4v) is 3.52. The van der Waals surface area contributed by atoms with E-state index in [0.717, 1.165) is 30.9 Å². The molecule has 0 aliphatic heterocycles. The standard InChI is InChI=1S/C14H20N4O/c1-9-7-16-8-11(17-9)13(19)18-14-5-4-10(6-14)2-3-12(14)15/h7-8,10,12H,2-6,15H2,1H3,(H,18,19)/t10?,12-,14?/m0/s1. The van der Waals surface area contributed by atoms with Crippen LogP contribution >= 0.6 is 0 Å². The Morgan fingerprint density at radius 2 is 2.26 bits per heavy atom. The molecule has 1 aromatic heterocycles. The zero-order chi connectivity index (χ0) is 13.5. The minimum Gasteiger partial charge on any atom is -0.344 e. The molecule has 2 unspecified atom stereocenters. The highest BCUT2D eigenvalue weighted by atomic mass is 16.2. The quantitative estimate of drug-likeness (QED) is 0.836. The summed E-state index contributed by atoms with van der Waals surface area (Å²) in [6.45, 7) is 1.83. The third-order valence-corrected chi connectivity index (χ3v) is 4.60. The Labute approximate surface area is 113 Å². The van der Waals surface area contributed by atoms with Crippen LogP contribution in [0.5, 0.6) is 0 Å². The second-order valence-corrected chi connectivity index (χ2v) is 5.95. The molecule has 0 aromatic carbocycles. The van der Waals surface area contributed by atoms with Crippen LogP contribution < -0.4 is 11.1 Å². The lowest BCUT2D eigenvalue weighted by Gasteiger charge is -2.39. The average molecular weight is 260 g/mol. The Balaban J connectivity index is 1.79. The van der Waals surface area contributed by atoms with E-state index in [1.165, 1.54) is 19.0 Å². The highest BCUT2D eigenvalue weighted by Crippen LogP contribution is 2.44. The number of aromatic nitrogens is 2. The molecule has 1 heterocycles. The van der Waals surface area contributed by atoms with E-state index in [-0.39, 0.29) is 17.5 Å². The highest BCUT2D eigenvalue weighted by molar-refractivity contribution is 5.92. The molecule has 0 radical (unpaired) electrons. The summed E-state index contributed by atoms with van der Waals surface area (Å²) in [6.07, 6.45) is 8.54. The Morgan fingerprint density at radius 1 is 1.42 bits per heavy atom. The summed E-state index contributed by atoms with van der Waals surface area (Å²) in [7, 11) is 0. The molecule has 19 heavy (non-hydrogen) atoms. The summed E-state index contributed by atoms with van der Waals surface area (Å²) in [5, 5.41) is 3.15. The number of amides is 1. The number of nitrogens with one attached hydrogen (secondary N) is 1. The third-order valence-electron chi connectivity index (χ3n) is 4.60. The predicted octanol–water partition coefficient (Wildman–Crippen LogP) is 1.17. The van der Waals surface area contributed by atoms with Crippen LogP contribution in [-0.2, 0) is 0 Å². The summed E-state index contributed by atoms with van der Waals surface area (Å²) in [5.41, 5.74) is 7.18. The van der Waals surface area contributed by atoms with Crippen LogP contribution in [0.25, 0.3) is 0 Å². The van der Waals surface area contributed by atoms with Crippen molar-refractivity contribution in [3.05, 3.63) is 23.8 Å².